The topological polar surface area (TPSA) is 62.1 Å². The Morgan fingerprint density at radius 1 is 0.952 bits per heavy atom. The molecular weight excluding hydrogens is 518 g/mol. The molecule has 2 saturated heterocycles. The lowest BCUT2D eigenvalue weighted by Gasteiger charge is -2.34. The molecule has 0 unspecified atom stereocenters. The molecule has 2 fully saturated rings. The van der Waals surface area contributed by atoms with Gasteiger partial charge in [0.05, 0.1) is 11.9 Å². The predicted molar refractivity (Wildman–Crippen MR) is 173 cm³/mol. The van der Waals surface area contributed by atoms with Gasteiger partial charge in [0.2, 0.25) is 0 Å². The van der Waals surface area contributed by atoms with Crippen LogP contribution in [0.2, 0.25) is 0 Å². The third-order valence-electron chi connectivity index (χ3n) is 9.24. The van der Waals surface area contributed by atoms with Gasteiger partial charge in [-0.15, -0.1) is 0 Å². The van der Waals surface area contributed by atoms with Gasteiger partial charge in [-0.05, 0) is 113 Å². The monoisotopic (exact) mass is 563 g/mol. The van der Waals surface area contributed by atoms with Crippen molar-refractivity contribution in [3.8, 4) is 11.1 Å². The summed E-state index contributed by atoms with van der Waals surface area (Å²) in [6.45, 7) is 14.6. The van der Waals surface area contributed by atoms with Crippen LogP contribution in [0.15, 0.2) is 61.6 Å². The maximum atomic E-state index is 4.70. The van der Waals surface area contributed by atoms with Crippen LogP contribution in [0, 0.1) is 5.92 Å². The van der Waals surface area contributed by atoms with E-state index >= 15 is 0 Å². The molecule has 0 spiro atoms. The first kappa shape index (κ1) is 28.6. The number of fused-ring (bicyclic) bond motifs is 1. The highest BCUT2D eigenvalue weighted by molar-refractivity contribution is 5.89. The standard InChI is InChI=1S/C35H45N7/c1-25(2)42-16-11-27(12-17-42)18-32-20-28(10-13-36-32)26(3)39-35-21-31-19-29(8-9-30(31)22-37-35)33-23-38-40(4)34(33)24-41-14-6-5-7-15-41/h8-10,13,19-23,25,27H,3,5-7,11-12,14-18,24H2,1-2,4H3,(H,37,39). The molecule has 0 bridgehead atoms. The summed E-state index contributed by atoms with van der Waals surface area (Å²) in [5, 5.41) is 10.4. The van der Waals surface area contributed by atoms with E-state index in [1.807, 2.05) is 29.3 Å². The molecule has 0 saturated carbocycles. The summed E-state index contributed by atoms with van der Waals surface area (Å²) in [6.07, 6.45) is 13.3. The lowest BCUT2D eigenvalue weighted by molar-refractivity contribution is 0.149. The summed E-state index contributed by atoms with van der Waals surface area (Å²) in [7, 11) is 2.06. The fraction of sp³-hybridized carbons (Fsp3) is 0.457. The largest absolute Gasteiger partial charge is 0.340 e. The summed E-state index contributed by atoms with van der Waals surface area (Å²) >= 11 is 0. The summed E-state index contributed by atoms with van der Waals surface area (Å²) in [5.74, 6) is 1.49. The van der Waals surface area contributed by atoms with E-state index in [0.717, 1.165) is 46.5 Å². The highest BCUT2D eigenvalue weighted by Gasteiger charge is 2.22. The quantitative estimate of drug-likeness (QED) is 0.243. The van der Waals surface area contributed by atoms with Gasteiger partial charge in [-0.1, -0.05) is 25.1 Å². The van der Waals surface area contributed by atoms with Crippen LogP contribution < -0.4 is 5.32 Å². The molecule has 0 amide bonds. The van der Waals surface area contributed by atoms with Crippen molar-refractivity contribution in [3.05, 3.63) is 78.5 Å². The van der Waals surface area contributed by atoms with Crippen molar-refractivity contribution >= 4 is 22.3 Å². The highest BCUT2D eigenvalue weighted by atomic mass is 15.3. The number of hydrogen-bond acceptors (Lipinski definition) is 6. The first-order chi connectivity index (χ1) is 20.4. The molecule has 2 aliphatic heterocycles. The predicted octanol–water partition coefficient (Wildman–Crippen LogP) is 6.76. The van der Waals surface area contributed by atoms with Gasteiger partial charge in [0, 0.05) is 59.9 Å². The normalized spacial score (nSPS) is 17.2. The molecule has 1 aromatic carbocycles. The maximum absolute atomic E-state index is 4.70. The Labute approximate surface area is 250 Å². The molecular formula is C35H45N7. The van der Waals surface area contributed by atoms with Crippen LogP contribution in [0.5, 0.6) is 0 Å². The zero-order valence-electron chi connectivity index (χ0n) is 25.5. The number of likely N-dealkylation sites (tertiary alicyclic amines) is 2. The molecule has 3 aromatic heterocycles. The Hall–Kier alpha value is -3.55. The van der Waals surface area contributed by atoms with Gasteiger partial charge in [-0.25, -0.2) is 4.98 Å². The number of nitrogens with zero attached hydrogens (tertiary/aromatic N) is 6. The van der Waals surface area contributed by atoms with Gasteiger partial charge in [-0.2, -0.15) is 5.10 Å². The Bertz CT molecular complexity index is 1520. The van der Waals surface area contributed by atoms with Crippen molar-refractivity contribution < 1.29 is 0 Å². The first-order valence-electron chi connectivity index (χ1n) is 15.7. The van der Waals surface area contributed by atoms with Crippen molar-refractivity contribution in [2.45, 2.75) is 65.0 Å². The van der Waals surface area contributed by atoms with Crippen molar-refractivity contribution in [3.63, 3.8) is 0 Å². The number of aromatic nitrogens is 4. The molecule has 5 heterocycles. The Morgan fingerprint density at radius 2 is 1.76 bits per heavy atom. The number of anilines is 1. The molecule has 42 heavy (non-hydrogen) atoms. The van der Waals surface area contributed by atoms with Gasteiger partial charge in [0.1, 0.15) is 5.82 Å². The van der Waals surface area contributed by atoms with Crippen LogP contribution >= 0.6 is 0 Å². The van der Waals surface area contributed by atoms with E-state index < -0.39 is 0 Å². The lowest BCUT2D eigenvalue weighted by Crippen LogP contribution is -2.38. The van der Waals surface area contributed by atoms with Gasteiger partial charge in [0.15, 0.2) is 0 Å². The molecule has 0 radical (unpaired) electrons. The molecule has 7 nitrogen and oxygen atoms in total. The molecule has 1 N–H and O–H groups in total. The zero-order valence-corrected chi connectivity index (χ0v) is 25.5. The second-order valence-corrected chi connectivity index (χ2v) is 12.5. The maximum Gasteiger partial charge on any atom is 0.130 e. The Balaban J connectivity index is 1.15. The smallest absolute Gasteiger partial charge is 0.130 e. The fourth-order valence-corrected chi connectivity index (χ4v) is 6.57. The second kappa shape index (κ2) is 12.8. The van der Waals surface area contributed by atoms with E-state index in [-0.39, 0.29) is 0 Å². The summed E-state index contributed by atoms with van der Waals surface area (Å²) in [6, 6.07) is 13.6. The third-order valence-corrected chi connectivity index (χ3v) is 9.24. The molecule has 220 valence electrons. The van der Waals surface area contributed by atoms with E-state index in [4.69, 9.17) is 9.97 Å². The van der Waals surface area contributed by atoms with Crippen LogP contribution in [-0.4, -0.2) is 61.8 Å². The Morgan fingerprint density at radius 3 is 2.55 bits per heavy atom. The fourth-order valence-electron chi connectivity index (χ4n) is 6.57. The van der Waals surface area contributed by atoms with Crippen LogP contribution in [0.25, 0.3) is 27.6 Å². The van der Waals surface area contributed by atoms with Gasteiger partial charge in [0.25, 0.3) is 0 Å². The number of rotatable bonds is 9. The van der Waals surface area contributed by atoms with Crippen LogP contribution in [-0.2, 0) is 20.0 Å². The number of benzene rings is 1. The van der Waals surface area contributed by atoms with Crippen molar-refractivity contribution in [2.24, 2.45) is 13.0 Å². The molecule has 2 aliphatic rings. The number of nitrogens with one attached hydrogen (secondary N) is 1. The number of pyridine rings is 2. The average Bonchev–Trinajstić information content (AvgIpc) is 3.37. The summed E-state index contributed by atoms with van der Waals surface area (Å²) in [4.78, 5) is 14.5. The molecule has 0 atom stereocenters. The third kappa shape index (κ3) is 6.58. The molecule has 6 rings (SSSR count). The number of piperidine rings is 2. The number of hydrogen-bond donors (Lipinski definition) is 1. The molecule has 4 aromatic rings. The molecule has 0 aliphatic carbocycles. The van der Waals surface area contributed by atoms with E-state index in [1.54, 1.807) is 0 Å². The Kier molecular flexibility index (Phi) is 8.68. The van der Waals surface area contributed by atoms with E-state index in [2.05, 4.69) is 78.0 Å². The summed E-state index contributed by atoms with van der Waals surface area (Å²) < 4.78 is 2.04. The zero-order chi connectivity index (χ0) is 29.1. The van der Waals surface area contributed by atoms with Crippen LogP contribution in [0.4, 0.5) is 5.82 Å². The lowest BCUT2D eigenvalue weighted by atomic mass is 9.91. The minimum Gasteiger partial charge on any atom is -0.340 e. The average molecular weight is 564 g/mol. The minimum absolute atomic E-state index is 0.634. The minimum atomic E-state index is 0.634. The van der Waals surface area contributed by atoms with Gasteiger partial charge < -0.3 is 10.2 Å². The van der Waals surface area contributed by atoms with Crippen LogP contribution in [0.3, 0.4) is 0 Å². The second-order valence-electron chi connectivity index (χ2n) is 12.5. The van der Waals surface area contributed by atoms with E-state index in [0.29, 0.717) is 12.0 Å². The van der Waals surface area contributed by atoms with Gasteiger partial charge in [-0.3, -0.25) is 14.6 Å². The van der Waals surface area contributed by atoms with Crippen molar-refractivity contribution in [1.82, 2.24) is 29.5 Å². The van der Waals surface area contributed by atoms with Crippen molar-refractivity contribution in [1.29, 1.82) is 0 Å². The van der Waals surface area contributed by atoms with Crippen molar-refractivity contribution in [2.75, 3.05) is 31.5 Å². The first-order valence-corrected chi connectivity index (χ1v) is 15.7. The van der Waals surface area contributed by atoms with Gasteiger partial charge >= 0.3 is 0 Å². The molecule has 7 heteroatoms. The highest BCUT2D eigenvalue weighted by Crippen LogP contribution is 2.30. The SMILES string of the molecule is C=C(Nc1cc2cc(-c3cnn(C)c3CN3CCCCC3)ccc2cn1)c1ccnc(CC2CCN(C(C)C)CC2)c1. The number of aryl methyl sites for hydroxylation is 1. The van der Waals surface area contributed by atoms with E-state index in [1.165, 1.54) is 75.1 Å². The van der Waals surface area contributed by atoms with E-state index in [9.17, 15) is 0 Å². The summed E-state index contributed by atoms with van der Waals surface area (Å²) in [5.41, 5.74) is 6.72. The van der Waals surface area contributed by atoms with Crippen LogP contribution in [0.1, 0.15) is 62.9 Å².